The van der Waals surface area contributed by atoms with Crippen LogP contribution in [0.3, 0.4) is 0 Å². The van der Waals surface area contributed by atoms with Crippen LogP contribution >= 0.6 is 0 Å². The molecule has 1 unspecified atom stereocenters. The average molecular weight is 111 g/mol. The Bertz CT molecular complexity index is 109. The maximum absolute atomic E-state index is 5.11. The van der Waals surface area contributed by atoms with Crippen molar-refractivity contribution in [3.63, 3.8) is 0 Å². The number of rotatable bonds is 1. The summed E-state index contributed by atoms with van der Waals surface area (Å²) in [6.45, 7) is 4.25. The molecule has 1 atom stereocenters. The van der Waals surface area contributed by atoms with Gasteiger partial charge in [0, 0.05) is 0 Å². The van der Waals surface area contributed by atoms with Gasteiger partial charge in [-0.25, -0.2) is 0 Å². The average Bonchev–Trinajstić information content (AvgIpc) is 1.90. The van der Waals surface area contributed by atoms with Gasteiger partial charge in [-0.2, -0.15) is 0 Å². The highest BCUT2D eigenvalue weighted by Gasteiger charge is 2.00. The molecule has 1 rings (SSSR count). The Kier molecular flexibility index (Phi) is 1.70. The van der Waals surface area contributed by atoms with E-state index in [0.717, 1.165) is 0 Å². The van der Waals surface area contributed by atoms with E-state index in [9.17, 15) is 0 Å². The molecule has 8 heavy (non-hydrogen) atoms. The van der Waals surface area contributed by atoms with Crippen molar-refractivity contribution in [1.29, 1.82) is 0 Å². The van der Waals surface area contributed by atoms with Crippen LogP contribution in [0.25, 0.3) is 0 Å². The summed E-state index contributed by atoms with van der Waals surface area (Å²) in [6.07, 6.45) is 5.53. The molecule has 1 aliphatic heterocycles. The first-order chi connectivity index (χ1) is 3.93. The summed E-state index contributed by atoms with van der Waals surface area (Å²) >= 11 is 0. The van der Waals surface area contributed by atoms with E-state index in [-0.39, 0.29) is 6.23 Å². The molecule has 1 heterocycles. The van der Waals surface area contributed by atoms with Crippen LogP contribution in [-0.4, -0.2) is 12.8 Å². The molecule has 1 N–H and O–H groups in total. The summed E-state index contributed by atoms with van der Waals surface area (Å²) in [4.78, 5) is 0. The van der Waals surface area contributed by atoms with Gasteiger partial charge in [0.2, 0.25) is 0 Å². The maximum Gasteiger partial charge on any atom is 0.146 e. The van der Waals surface area contributed by atoms with Crippen molar-refractivity contribution in [2.75, 3.05) is 6.61 Å². The molecule has 0 amide bonds. The van der Waals surface area contributed by atoms with E-state index in [1.807, 2.05) is 12.3 Å². The molecule has 0 spiro atoms. The predicted octanol–water partition coefficient (Wildman–Crippen LogP) is 0.632. The zero-order valence-electron chi connectivity index (χ0n) is 4.63. The van der Waals surface area contributed by atoms with Gasteiger partial charge < -0.3 is 10.1 Å². The zero-order chi connectivity index (χ0) is 5.82. The number of ether oxygens (including phenoxy) is 1. The Morgan fingerprint density at radius 1 is 1.88 bits per heavy atom. The van der Waals surface area contributed by atoms with Gasteiger partial charge in [-0.3, -0.25) is 0 Å². The van der Waals surface area contributed by atoms with Crippen molar-refractivity contribution in [3.05, 3.63) is 24.9 Å². The Labute approximate surface area is 48.8 Å². The van der Waals surface area contributed by atoms with Crippen LogP contribution < -0.4 is 5.32 Å². The molecule has 0 fully saturated rings. The standard InChI is InChI=1S/C6H9NO/c1-2-6-7-4-3-5-8-6/h2-4,6-7H,1,5H2. The lowest BCUT2D eigenvalue weighted by molar-refractivity contribution is 0.0845. The number of hydrogen-bond donors (Lipinski definition) is 1. The molecule has 0 saturated carbocycles. The Morgan fingerprint density at radius 2 is 2.75 bits per heavy atom. The highest BCUT2D eigenvalue weighted by atomic mass is 16.5. The lowest BCUT2D eigenvalue weighted by atomic mass is 10.5. The quantitative estimate of drug-likeness (QED) is 0.501. The fourth-order valence-electron chi connectivity index (χ4n) is 0.554. The van der Waals surface area contributed by atoms with Crippen LogP contribution in [0.15, 0.2) is 24.9 Å². The van der Waals surface area contributed by atoms with Crippen LogP contribution in [0.5, 0.6) is 0 Å². The van der Waals surface area contributed by atoms with Crippen molar-refractivity contribution >= 4 is 0 Å². The lowest BCUT2D eigenvalue weighted by Gasteiger charge is -2.16. The molecule has 0 aromatic carbocycles. The Hall–Kier alpha value is -0.760. The van der Waals surface area contributed by atoms with Gasteiger partial charge in [0.1, 0.15) is 6.23 Å². The fraction of sp³-hybridized carbons (Fsp3) is 0.333. The monoisotopic (exact) mass is 111 g/mol. The van der Waals surface area contributed by atoms with E-state index in [0.29, 0.717) is 6.61 Å². The molecular formula is C6H9NO. The maximum atomic E-state index is 5.11. The van der Waals surface area contributed by atoms with Gasteiger partial charge in [-0.15, -0.1) is 0 Å². The normalized spacial score (nSPS) is 26.8. The van der Waals surface area contributed by atoms with E-state index >= 15 is 0 Å². The minimum Gasteiger partial charge on any atom is -0.363 e. The molecule has 0 aromatic rings. The van der Waals surface area contributed by atoms with Gasteiger partial charge in [0.25, 0.3) is 0 Å². The van der Waals surface area contributed by atoms with Crippen molar-refractivity contribution in [2.24, 2.45) is 0 Å². The van der Waals surface area contributed by atoms with Crippen LogP contribution in [0.1, 0.15) is 0 Å². The van der Waals surface area contributed by atoms with Crippen molar-refractivity contribution < 1.29 is 4.74 Å². The molecule has 0 aromatic heterocycles. The summed E-state index contributed by atoms with van der Waals surface area (Å²) in [5.74, 6) is 0. The second-order valence-electron chi connectivity index (χ2n) is 1.56. The highest BCUT2D eigenvalue weighted by Crippen LogP contribution is 1.93. The molecule has 0 saturated heterocycles. The van der Waals surface area contributed by atoms with Crippen LogP contribution in [0, 0.1) is 0 Å². The molecular weight excluding hydrogens is 102 g/mol. The van der Waals surface area contributed by atoms with Gasteiger partial charge in [0.15, 0.2) is 0 Å². The third kappa shape index (κ3) is 1.10. The number of hydrogen-bond acceptors (Lipinski definition) is 2. The van der Waals surface area contributed by atoms with E-state index in [2.05, 4.69) is 11.9 Å². The Morgan fingerprint density at radius 3 is 3.12 bits per heavy atom. The smallest absolute Gasteiger partial charge is 0.146 e. The second-order valence-corrected chi connectivity index (χ2v) is 1.56. The van der Waals surface area contributed by atoms with Crippen LogP contribution in [-0.2, 0) is 4.74 Å². The Balaban J connectivity index is 2.37. The second kappa shape index (κ2) is 2.52. The fourth-order valence-corrected chi connectivity index (χ4v) is 0.554. The first kappa shape index (κ1) is 5.38. The molecule has 0 aliphatic carbocycles. The van der Waals surface area contributed by atoms with Crippen LogP contribution in [0.4, 0.5) is 0 Å². The predicted molar refractivity (Wildman–Crippen MR) is 32.2 cm³/mol. The molecule has 2 nitrogen and oxygen atoms in total. The summed E-state index contributed by atoms with van der Waals surface area (Å²) in [5.41, 5.74) is 0. The minimum absolute atomic E-state index is 0.0139. The minimum atomic E-state index is 0.0139. The molecule has 0 radical (unpaired) electrons. The van der Waals surface area contributed by atoms with E-state index in [4.69, 9.17) is 4.74 Å². The topological polar surface area (TPSA) is 21.3 Å². The van der Waals surface area contributed by atoms with Crippen molar-refractivity contribution in [3.8, 4) is 0 Å². The summed E-state index contributed by atoms with van der Waals surface area (Å²) in [7, 11) is 0. The van der Waals surface area contributed by atoms with Gasteiger partial charge in [0.05, 0.1) is 6.61 Å². The molecule has 1 aliphatic rings. The molecule has 2 heteroatoms. The SMILES string of the molecule is C=CC1NC=CCO1. The number of nitrogens with one attached hydrogen (secondary N) is 1. The largest absolute Gasteiger partial charge is 0.363 e. The van der Waals surface area contributed by atoms with Gasteiger partial charge in [-0.1, -0.05) is 6.58 Å². The van der Waals surface area contributed by atoms with E-state index in [1.165, 1.54) is 0 Å². The van der Waals surface area contributed by atoms with Crippen LogP contribution in [0.2, 0.25) is 0 Å². The first-order valence-electron chi connectivity index (χ1n) is 2.58. The lowest BCUT2D eigenvalue weighted by Crippen LogP contribution is -2.28. The molecule has 44 valence electrons. The zero-order valence-corrected chi connectivity index (χ0v) is 4.63. The van der Waals surface area contributed by atoms with Gasteiger partial charge in [-0.05, 0) is 18.4 Å². The van der Waals surface area contributed by atoms with Gasteiger partial charge >= 0.3 is 0 Å². The summed E-state index contributed by atoms with van der Waals surface area (Å²) in [6, 6.07) is 0. The highest BCUT2D eigenvalue weighted by molar-refractivity contribution is 4.91. The third-order valence-corrected chi connectivity index (χ3v) is 0.964. The summed E-state index contributed by atoms with van der Waals surface area (Å²) < 4.78 is 5.11. The van der Waals surface area contributed by atoms with E-state index < -0.39 is 0 Å². The van der Waals surface area contributed by atoms with Crippen molar-refractivity contribution in [2.45, 2.75) is 6.23 Å². The van der Waals surface area contributed by atoms with E-state index in [1.54, 1.807) is 6.08 Å². The summed E-state index contributed by atoms with van der Waals surface area (Å²) in [5, 5.41) is 2.95. The van der Waals surface area contributed by atoms with Crippen molar-refractivity contribution in [1.82, 2.24) is 5.32 Å². The first-order valence-corrected chi connectivity index (χ1v) is 2.58. The third-order valence-electron chi connectivity index (χ3n) is 0.964. The molecule has 0 bridgehead atoms.